The normalized spacial score (nSPS) is 17.2. The summed E-state index contributed by atoms with van der Waals surface area (Å²) in [6.07, 6.45) is 2.65. The monoisotopic (exact) mass is 356 g/mol. The number of carbonyl (C=O) groups excluding carboxylic acids is 2. The van der Waals surface area contributed by atoms with Gasteiger partial charge in [-0.3, -0.25) is 14.8 Å². The maximum Gasteiger partial charge on any atom is 0.410 e. The molecule has 0 aliphatic carbocycles. The van der Waals surface area contributed by atoms with Gasteiger partial charge in [0, 0.05) is 24.0 Å². The van der Waals surface area contributed by atoms with Crippen LogP contribution in [-0.2, 0) is 9.53 Å². The van der Waals surface area contributed by atoms with E-state index in [0.717, 1.165) is 17.7 Å². The highest BCUT2D eigenvalue weighted by molar-refractivity contribution is 5.97. The van der Waals surface area contributed by atoms with Crippen LogP contribution < -0.4 is 5.32 Å². The van der Waals surface area contributed by atoms with Gasteiger partial charge >= 0.3 is 6.09 Å². The van der Waals surface area contributed by atoms with E-state index in [0.29, 0.717) is 18.7 Å². The Bertz CT molecular complexity index is 780. The van der Waals surface area contributed by atoms with E-state index in [1.807, 2.05) is 51.1 Å². The molecule has 1 fully saturated rings. The number of amides is 2. The first-order chi connectivity index (χ1) is 12.3. The highest BCUT2D eigenvalue weighted by atomic mass is 16.6. The summed E-state index contributed by atoms with van der Waals surface area (Å²) in [5.41, 5.74) is 1.89. The zero-order chi connectivity index (χ0) is 18.7. The lowest BCUT2D eigenvalue weighted by Gasteiger charge is -2.28. The highest BCUT2D eigenvalue weighted by Gasteiger charge is 2.36. The molecule has 2 N–H and O–H groups in total. The van der Waals surface area contributed by atoms with Gasteiger partial charge in [-0.15, -0.1) is 0 Å². The van der Waals surface area contributed by atoms with E-state index >= 15 is 0 Å². The molecule has 1 aliphatic heterocycles. The van der Waals surface area contributed by atoms with Gasteiger partial charge in [-0.25, -0.2) is 4.79 Å². The Kier molecular flexibility index (Phi) is 4.97. The topological polar surface area (TPSA) is 87.3 Å². The number of carbonyl (C=O) groups is 2. The highest BCUT2D eigenvalue weighted by Crippen LogP contribution is 2.24. The van der Waals surface area contributed by atoms with Crippen LogP contribution >= 0.6 is 0 Å². The van der Waals surface area contributed by atoms with Crippen LogP contribution in [0, 0.1) is 0 Å². The van der Waals surface area contributed by atoms with Crippen molar-refractivity contribution in [3.8, 4) is 11.3 Å². The quantitative estimate of drug-likeness (QED) is 0.882. The molecule has 0 unspecified atom stereocenters. The number of likely N-dealkylation sites (tertiary alicyclic amines) is 1. The van der Waals surface area contributed by atoms with Crippen molar-refractivity contribution in [1.82, 2.24) is 15.1 Å². The number of ether oxygens (including phenoxy) is 1. The number of nitrogens with zero attached hydrogens (tertiary/aromatic N) is 2. The van der Waals surface area contributed by atoms with Gasteiger partial charge in [0.2, 0.25) is 5.91 Å². The minimum absolute atomic E-state index is 0.199. The van der Waals surface area contributed by atoms with E-state index in [4.69, 9.17) is 4.74 Å². The van der Waals surface area contributed by atoms with Crippen LogP contribution in [0.3, 0.4) is 0 Å². The van der Waals surface area contributed by atoms with Gasteiger partial charge in [0.1, 0.15) is 11.6 Å². The first kappa shape index (κ1) is 18.0. The molecular weight excluding hydrogens is 332 g/mol. The van der Waals surface area contributed by atoms with Crippen LogP contribution in [0.25, 0.3) is 11.3 Å². The number of aromatic nitrogens is 2. The largest absolute Gasteiger partial charge is 0.444 e. The van der Waals surface area contributed by atoms with Crippen LogP contribution in [0.5, 0.6) is 0 Å². The predicted molar refractivity (Wildman–Crippen MR) is 98.6 cm³/mol. The van der Waals surface area contributed by atoms with Gasteiger partial charge in [0.25, 0.3) is 0 Å². The van der Waals surface area contributed by atoms with E-state index in [-0.39, 0.29) is 5.91 Å². The smallest absolute Gasteiger partial charge is 0.410 e. The lowest BCUT2D eigenvalue weighted by Crippen LogP contribution is -2.45. The molecule has 3 rings (SSSR count). The Hall–Kier alpha value is -2.83. The number of H-pyrrole nitrogens is 1. The van der Waals surface area contributed by atoms with E-state index < -0.39 is 17.7 Å². The third-order valence-electron chi connectivity index (χ3n) is 4.13. The molecule has 1 aromatic carbocycles. The van der Waals surface area contributed by atoms with Crippen molar-refractivity contribution in [2.24, 2.45) is 0 Å². The lowest BCUT2D eigenvalue weighted by atomic mass is 10.1. The molecule has 2 amide bonds. The standard InChI is InChI=1S/C19H24N4O3/c1-19(2,3)26-18(25)23-11-5-8-16(23)17(24)21-14-7-4-6-13(12-14)15-9-10-20-22-15/h4,6-7,9-10,12,16H,5,8,11H2,1-3H3,(H,20,22)(H,21,24)/t16-/m0/s1. The van der Waals surface area contributed by atoms with Crippen molar-refractivity contribution in [3.05, 3.63) is 36.5 Å². The molecule has 1 atom stereocenters. The molecule has 0 saturated carbocycles. The van der Waals surface area contributed by atoms with Crippen molar-refractivity contribution >= 4 is 17.7 Å². The van der Waals surface area contributed by atoms with E-state index in [1.165, 1.54) is 4.90 Å². The zero-order valence-corrected chi connectivity index (χ0v) is 15.3. The predicted octanol–water partition coefficient (Wildman–Crippen LogP) is 3.41. The summed E-state index contributed by atoms with van der Waals surface area (Å²) < 4.78 is 5.42. The maximum atomic E-state index is 12.7. The summed E-state index contributed by atoms with van der Waals surface area (Å²) in [5, 5.41) is 9.75. The average molecular weight is 356 g/mol. The van der Waals surface area contributed by atoms with Gasteiger partial charge in [0.15, 0.2) is 0 Å². The third kappa shape index (κ3) is 4.22. The van der Waals surface area contributed by atoms with E-state index in [1.54, 1.807) is 6.20 Å². The van der Waals surface area contributed by atoms with Crippen LogP contribution in [0.1, 0.15) is 33.6 Å². The Labute approximate surface area is 152 Å². The van der Waals surface area contributed by atoms with Crippen molar-refractivity contribution in [2.75, 3.05) is 11.9 Å². The van der Waals surface area contributed by atoms with Crippen LogP contribution in [0.15, 0.2) is 36.5 Å². The van der Waals surface area contributed by atoms with E-state index in [2.05, 4.69) is 15.5 Å². The van der Waals surface area contributed by atoms with Crippen LogP contribution in [0.2, 0.25) is 0 Å². The molecule has 0 spiro atoms. The molecular formula is C19H24N4O3. The fraction of sp³-hybridized carbons (Fsp3) is 0.421. The van der Waals surface area contributed by atoms with Gasteiger partial charge in [-0.1, -0.05) is 12.1 Å². The average Bonchev–Trinajstić information content (AvgIpc) is 3.25. The molecule has 1 saturated heterocycles. The molecule has 0 bridgehead atoms. The Morgan fingerprint density at radius 2 is 2.12 bits per heavy atom. The number of rotatable bonds is 3. The lowest BCUT2D eigenvalue weighted by molar-refractivity contribution is -0.120. The Morgan fingerprint density at radius 3 is 2.81 bits per heavy atom. The maximum absolute atomic E-state index is 12.7. The molecule has 1 aliphatic rings. The number of hydrogen-bond acceptors (Lipinski definition) is 4. The second kappa shape index (κ2) is 7.19. The Balaban J connectivity index is 1.69. The molecule has 2 aromatic rings. The van der Waals surface area contributed by atoms with Gasteiger partial charge in [0.05, 0.1) is 5.69 Å². The fourth-order valence-corrected chi connectivity index (χ4v) is 2.99. The zero-order valence-electron chi connectivity index (χ0n) is 15.3. The SMILES string of the molecule is CC(C)(C)OC(=O)N1CCC[C@H]1C(=O)Nc1cccc(-c2ccn[nH]2)c1. The van der Waals surface area contributed by atoms with Crippen LogP contribution in [-0.4, -0.2) is 45.3 Å². The molecule has 26 heavy (non-hydrogen) atoms. The van der Waals surface area contributed by atoms with Crippen molar-refractivity contribution in [3.63, 3.8) is 0 Å². The second-order valence-electron chi connectivity index (χ2n) is 7.37. The molecule has 2 heterocycles. The van der Waals surface area contributed by atoms with Crippen molar-refractivity contribution < 1.29 is 14.3 Å². The minimum Gasteiger partial charge on any atom is -0.444 e. The van der Waals surface area contributed by atoms with Gasteiger partial charge in [-0.2, -0.15) is 5.10 Å². The summed E-state index contributed by atoms with van der Waals surface area (Å²) in [6, 6.07) is 8.85. The van der Waals surface area contributed by atoms with Gasteiger partial charge in [-0.05, 0) is 51.8 Å². The third-order valence-corrected chi connectivity index (χ3v) is 4.13. The van der Waals surface area contributed by atoms with Crippen molar-refractivity contribution in [1.29, 1.82) is 0 Å². The Morgan fingerprint density at radius 1 is 1.31 bits per heavy atom. The summed E-state index contributed by atoms with van der Waals surface area (Å²) in [7, 11) is 0. The molecule has 138 valence electrons. The molecule has 7 heteroatoms. The first-order valence-corrected chi connectivity index (χ1v) is 8.74. The summed E-state index contributed by atoms with van der Waals surface area (Å²) in [5.74, 6) is -0.199. The number of anilines is 1. The first-order valence-electron chi connectivity index (χ1n) is 8.74. The number of benzene rings is 1. The van der Waals surface area contributed by atoms with Gasteiger partial charge < -0.3 is 10.1 Å². The van der Waals surface area contributed by atoms with E-state index in [9.17, 15) is 9.59 Å². The summed E-state index contributed by atoms with van der Waals surface area (Å²) in [4.78, 5) is 26.6. The number of aromatic amines is 1. The summed E-state index contributed by atoms with van der Waals surface area (Å²) in [6.45, 7) is 5.98. The molecule has 7 nitrogen and oxygen atoms in total. The summed E-state index contributed by atoms with van der Waals surface area (Å²) >= 11 is 0. The van der Waals surface area contributed by atoms with Crippen LogP contribution in [0.4, 0.5) is 10.5 Å². The minimum atomic E-state index is -0.584. The number of nitrogens with one attached hydrogen (secondary N) is 2. The molecule has 0 radical (unpaired) electrons. The molecule has 1 aromatic heterocycles. The fourth-order valence-electron chi connectivity index (χ4n) is 2.99. The number of hydrogen-bond donors (Lipinski definition) is 2. The second-order valence-corrected chi connectivity index (χ2v) is 7.37. The van der Waals surface area contributed by atoms with Crippen molar-refractivity contribution in [2.45, 2.75) is 45.3 Å².